The SMILES string of the molecule is CC(C)CC(N)CNC(=O)Nc1cccc2ccccc12. The Hall–Kier alpha value is -2.07. The van der Waals surface area contributed by atoms with E-state index in [2.05, 4.69) is 24.5 Å². The Labute approximate surface area is 125 Å². The molecule has 0 saturated heterocycles. The molecule has 0 radical (unpaired) electrons. The fourth-order valence-corrected chi connectivity index (χ4v) is 2.41. The van der Waals surface area contributed by atoms with Crippen LogP contribution in [0.3, 0.4) is 0 Å². The summed E-state index contributed by atoms with van der Waals surface area (Å²) in [6.45, 7) is 4.72. The van der Waals surface area contributed by atoms with Crippen LogP contribution in [0.2, 0.25) is 0 Å². The van der Waals surface area contributed by atoms with E-state index in [1.165, 1.54) is 0 Å². The highest BCUT2D eigenvalue weighted by molar-refractivity contribution is 6.01. The van der Waals surface area contributed by atoms with Gasteiger partial charge in [0.05, 0.1) is 5.69 Å². The van der Waals surface area contributed by atoms with Gasteiger partial charge in [-0.15, -0.1) is 0 Å². The Kier molecular flexibility index (Phi) is 5.17. The molecule has 2 aromatic carbocycles. The molecule has 0 bridgehead atoms. The van der Waals surface area contributed by atoms with Crippen molar-refractivity contribution in [2.24, 2.45) is 11.7 Å². The van der Waals surface area contributed by atoms with Crippen LogP contribution in [-0.4, -0.2) is 18.6 Å². The van der Waals surface area contributed by atoms with E-state index in [-0.39, 0.29) is 12.1 Å². The summed E-state index contributed by atoms with van der Waals surface area (Å²) in [5, 5.41) is 7.85. The fraction of sp³-hybridized carbons (Fsp3) is 0.353. The van der Waals surface area contributed by atoms with Crippen molar-refractivity contribution in [1.82, 2.24) is 5.32 Å². The maximum Gasteiger partial charge on any atom is 0.319 e. The number of carbonyl (C=O) groups excluding carboxylic acids is 1. The number of fused-ring (bicyclic) bond motifs is 1. The van der Waals surface area contributed by atoms with Gasteiger partial charge in [-0.25, -0.2) is 4.79 Å². The van der Waals surface area contributed by atoms with Crippen LogP contribution in [0.4, 0.5) is 10.5 Å². The van der Waals surface area contributed by atoms with Gasteiger partial charge in [0.15, 0.2) is 0 Å². The molecule has 0 aromatic heterocycles. The Balaban J connectivity index is 1.96. The molecule has 4 heteroatoms. The molecule has 2 aromatic rings. The van der Waals surface area contributed by atoms with E-state index in [9.17, 15) is 4.79 Å². The average Bonchev–Trinajstić information content (AvgIpc) is 2.45. The van der Waals surface area contributed by atoms with Crippen LogP contribution in [0.15, 0.2) is 42.5 Å². The summed E-state index contributed by atoms with van der Waals surface area (Å²) < 4.78 is 0. The first-order valence-electron chi connectivity index (χ1n) is 7.34. The lowest BCUT2D eigenvalue weighted by atomic mass is 10.0. The van der Waals surface area contributed by atoms with E-state index < -0.39 is 0 Å². The van der Waals surface area contributed by atoms with Gasteiger partial charge in [0.2, 0.25) is 0 Å². The molecule has 1 unspecified atom stereocenters. The van der Waals surface area contributed by atoms with Gasteiger partial charge in [0.25, 0.3) is 0 Å². The topological polar surface area (TPSA) is 67.1 Å². The van der Waals surface area contributed by atoms with Gasteiger partial charge >= 0.3 is 6.03 Å². The largest absolute Gasteiger partial charge is 0.336 e. The predicted octanol–water partition coefficient (Wildman–Crippen LogP) is 3.33. The van der Waals surface area contributed by atoms with E-state index in [4.69, 9.17) is 5.73 Å². The Bertz CT molecular complexity index is 605. The number of nitrogens with two attached hydrogens (primary N) is 1. The Morgan fingerprint density at radius 2 is 1.86 bits per heavy atom. The number of nitrogens with one attached hydrogen (secondary N) is 2. The van der Waals surface area contributed by atoms with E-state index in [1.54, 1.807) is 0 Å². The molecule has 0 fully saturated rings. The van der Waals surface area contributed by atoms with E-state index in [1.807, 2.05) is 42.5 Å². The second-order valence-corrected chi connectivity index (χ2v) is 5.75. The highest BCUT2D eigenvalue weighted by Crippen LogP contribution is 2.22. The number of amides is 2. The second kappa shape index (κ2) is 7.09. The van der Waals surface area contributed by atoms with Crippen molar-refractivity contribution in [3.05, 3.63) is 42.5 Å². The molecule has 21 heavy (non-hydrogen) atoms. The van der Waals surface area contributed by atoms with Crippen molar-refractivity contribution in [3.63, 3.8) is 0 Å². The number of carbonyl (C=O) groups is 1. The van der Waals surface area contributed by atoms with Crippen LogP contribution < -0.4 is 16.4 Å². The van der Waals surface area contributed by atoms with Crippen LogP contribution in [0.5, 0.6) is 0 Å². The second-order valence-electron chi connectivity index (χ2n) is 5.75. The zero-order valence-corrected chi connectivity index (χ0v) is 12.6. The Morgan fingerprint density at radius 1 is 1.14 bits per heavy atom. The summed E-state index contributed by atoms with van der Waals surface area (Å²) in [6.07, 6.45) is 0.897. The molecule has 1 atom stereocenters. The van der Waals surface area contributed by atoms with E-state index in [0.29, 0.717) is 12.5 Å². The minimum absolute atomic E-state index is 0.0109. The average molecular weight is 285 g/mol. The number of rotatable bonds is 5. The maximum absolute atomic E-state index is 12.0. The van der Waals surface area contributed by atoms with Gasteiger partial charge in [0.1, 0.15) is 0 Å². The quantitative estimate of drug-likeness (QED) is 0.788. The molecule has 0 aliphatic carbocycles. The first-order valence-corrected chi connectivity index (χ1v) is 7.34. The molecule has 0 saturated carbocycles. The van der Waals surface area contributed by atoms with E-state index >= 15 is 0 Å². The molecule has 0 heterocycles. The fourth-order valence-electron chi connectivity index (χ4n) is 2.41. The van der Waals surface area contributed by atoms with Crippen LogP contribution in [0, 0.1) is 5.92 Å². The lowest BCUT2D eigenvalue weighted by molar-refractivity contribution is 0.251. The molecule has 2 amide bonds. The number of hydrogen-bond donors (Lipinski definition) is 3. The highest BCUT2D eigenvalue weighted by Gasteiger charge is 2.09. The molecule has 4 N–H and O–H groups in total. The number of urea groups is 1. The zero-order chi connectivity index (χ0) is 15.2. The van der Waals surface area contributed by atoms with Crippen molar-refractivity contribution < 1.29 is 4.79 Å². The molecule has 0 aliphatic rings. The molecule has 0 aliphatic heterocycles. The standard InChI is InChI=1S/C17H23N3O/c1-12(2)10-14(18)11-19-17(21)20-16-9-5-7-13-6-3-4-8-15(13)16/h3-9,12,14H,10-11,18H2,1-2H3,(H2,19,20,21). The van der Waals surface area contributed by atoms with Gasteiger partial charge in [0, 0.05) is 18.0 Å². The summed E-state index contributed by atoms with van der Waals surface area (Å²) in [4.78, 5) is 12.0. The lowest BCUT2D eigenvalue weighted by Crippen LogP contribution is -2.40. The molecule has 112 valence electrons. The first kappa shape index (κ1) is 15.3. The smallest absolute Gasteiger partial charge is 0.319 e. The van der Waals surface area contributed by atoms with Crippen LogP contribution in [0.1, 0.15) is 20.3 Å². The maximum atomic E-state index is 12.0. The predicted molar refractivity (Wildman–Crippen MR) is 88.4 cm³/mol. The number of hydrogen-bond acceptors (Lipinski definition) is 2. The van der Waals surface area contributed by atoms with Gasteiger partial charge in [-0.2, -0.15) is 0 Å². The normalized spacial score (nSPS) is 12.4. The van der Waals surface area contributed by atoms with Crippen LogP contribution in [-0.2, 0) is 0 Å². The summed E-state index contributed by atoms with van der Waals surface area (Å²) in [6, 6.07) is 13.6. The molecule has 4 nitrogen and oxygen atoms in total. The van der Waals surface area contributed by atoms with Crippen LogP contribution >= 0.6 is 0 Å². The molecule has 0 spiro atoms. The van der Waals surface area contributed by atoms with Crippen molar-refractivity contribution in [2.75, 3.05) is 11.9 Å². The van der Waals surface area contributed by atoms with Crippen LogP contribution in [0.25, 0.3) is 10.8 Å². The third-order valence-corrected chi connectivity index (χ3v) is 3.34. The molecular formula is C17H23N3O. The number of benzene rings is 2. The zero-order valence-electron chi connectivity index (χ0n) is 12.6. The van der Waals surface area contributed by atoms with Crippen molar-refractivity contribution in [3.8, 4) is 0 Å². The van der Waals surface area contributed by atoms with Gasteiger partial charge < -0.3 is 16.4 Å². The summed E-state index contributed by atoms with van der Waals surface area (Å²) in [5.41, 5.74) is 6.77. The van der Waals surface area contributed by atoms with Gasteiger partial charge in [-0.1, -0.05) is 50.2 Å². The minimum Gasteiger partial charge on any atom is -0.336 e. The monoisotopic (exact) mass is 285 g/mol. The van der Waals surface area contributed by atoms with Crippen molar-refractivity contribution >= 4 is 22.5 Å². The number of anilines is 1. The lowest BCUT2D eigenvalue weighted by Gasteiger charge is -2.15. The summed E-state index contributed by atoms with van der Waals surface area (Å²) >= 11 is 0. The Morgan fingerprint density at radius 3 is 2.62 bits per heavy atom. The van der Waals surface area contributed by atoms with Gasteiger partial charge in [-0.3, -0.25) is 0 Å². The van der Waals surface area contributed by atoms with Crippen molar-refractivity contribution in [1.29, 1.82) is 0 Å². The van der Waals surface area contributed by atoms with Crippen molar-refractivity contribution in [2.45, 2.75) is 26.3 Å². The van der Waals surface area contributed by atoms with E-state index in [0.717, 1.165) is 22.9 Å². The summed E-state index contributed by atoms with van der Waals surface area (Å²) in [7, 11) is 0. The third-order valence-electron chi connectivity index (χ3n) is 3.34. The first-order chi connectivity index (χ1) is 10.1. The molecular weight excluding hydrogens is 262 g/mol. The third kappa shape index (κ3) is 4.46. The molecule has 2 rings (SSSR count). The highest BCUT2D eigenvalue weighted by atomic mass is 16.2. The van der Waals surface area contributed by atoms with Gasteiger partial charge in [-0.05, 0) is 23.8 Å². The minimum atomic E-state index is -0.217. The summed E-state index contributed by atoms with van der Waals surface area (Å²) in [5.74, 6) is 0.530.